The molecule has 2 nitrogen and oxygen atoms in total. The van der Waals surface area contributed by atoms with E-state index in [2.05, 4.69) is 206 Å². The predicted octanol–water partition coefficient (Wildman–Crippen LogP) is 13.7. The van der Waals surface area contributed by atoms with Crippen molar-refractivity contribution in [3.8, 4) is 27.9 Å². The molecule has 0 saturated heterocycles. The summed E-state index contributed by atoms with van der Waals surface area (Å²) in [7, 11) is 0. The number of anilines is 3. The van der Waals surface area contributed by atoms with Gasteiger partial charge in [-0.1, -0.05) is 121 Å². The molecule has 0 aliphatic heterocycles. The molecule has 0 radical (unpaired) electrons. The van der Waals surface area contributed by atoms with Gasteiger partial charge in [-0.15, -0.1) is 0 Å². The third-order valence-electron chi connectivity index (χ3n) is 10.3. The van der Waals surface area contributed by atoms with Gasteiger partial charge in [0.05, 0.1) is 11.0 Å². The number of aryl methyl sites for hydroxylation is 3. The summed E-state index contributed by atoms with van der Waals surface area (Å²) in [5.74, 6) is 0. The molecule has 9 aromatic rings. The lowest BCUT2D eigenvalue weighted by Crippen LogP contribution is -2.10. The largest absolute Gasteiger partial charge is 0.310 e. The van der Waals surface area contributed by atoms with Crippen LogP contribution in [0, 0.1) is 20.8 Å². The van der Waals surface area contributed by atoms with E-state index in [1.165, 1.54) is 71.5 Å². The van der Waals surface area contributed by atoms with E-state index in [9.17, 15) is 0 Å². The highest BCUT2D eigenvalue weighted by Crippen LogP contribution is 2.42. The van der Waals surface area contributed by atoms with Crippen molar-refractivity contribution in [1.29, 1.82) is 0 Å². The fraction of sp³-hybridized carbons (Fsp3) is 0.0612. The maximum Gasteiger partial charge on any atom is 0.0561 e. The second kappa shape index (κ2) is 12.5. The van der Waals surface area contributed by atoms with Gasteiger partial charge < -0.3 is 9.47 Å². The van der Waals surface area contributed by atoms with Gasteiger partial charge in [0, 0.05) is 33.5 Å². The first kappa shape index (κ1) is 30.7. The highest BCUT2D eigenvalue weighted by atomic mass is 15.1. The Balaban J connectivity index is 1.26. The van der Waals surface area contributed by atoms with Gasteiger partial charge in [-0.2, -0.15) is 0 Å². The molecule has 0 N–H and O–H groups in total. The van der Waals surface area contributed by atoms with Gasteiger partial charge in [-0.05, 0) is 126 Å². The van der Waals surface area contributed by atoms with Crippen molar-refractivity contribution in [2.24, 2.45) is 0 Å². The normalized spacial score (nSPS) is 11.4. The number of nitrogens with zero attached hydrogens (tertiary/aromatic N) is 2. The van der Waals surface area contributed by atoms with Gasteiger partial charge >= 0.3 is 0 Å². The van der Waals surface area contributed by atoms with Crippen LogP contribution in [0.3, 0.4) is 0 Å². The second-order valence-electron chi connectivity index (χ2n) is 13.7. The number of para-hydroxylation sites is 1. The zero-order valence-corrected chi connectivity index (χ0v) is 29.1. The van der Waals surface area contributed by atoms with Gasteiger partial charge in [-0.3, -0.25) is 0 Å². The van der Waals surface area contributed by atoms with E-state index < -0.39 is 0 Å². The van der Waals surface area contributed by atoms with Crippen LogP contribution in [0.2, 0.25) is 0 Å². The van der Waals surface area contributed by atoms with E-state index in [0.29, 0.717) is 0 Å². The van der Waals surface area contributed by atoms with Gasteiger partial charge in [0.1, 0.15) is 0 Å². The first-order chi connectivity index (χ1) is 25.0. The Morgan fingerprint density at radius 2 is 1.04 bits per heavy atom. The molecular weight excluding hydrogens is 617 g/mol. The van der Waals surface area contributed by atoms with Crippen molar-refractivity contribution in [1.82, 2.24) is 4.57 Å². The number of rotatable bonds is 6. The van der Waals surface area contributed by atoms with Crippen LogP contribution in [-0.2, 0) is 0 Å². The Bertz CT molecular complexity index is 2720. The van der Waals surface area contributed by atoms with E-state index in [1.54, 1.807) is 0 Å². The Hall–Kier alpha value is -6.38. The molecule has 9 rings (SSSR count). The first-order valence-corrected chi connectivity index (χ1v) is 17.7. The van der Waals surface area contributed by atoms with Gasteiger partial charge in [0.25, 0.3) is 0 Å². The SMILES string of the molecule is Cc1cccc(-c2ccc(N(c3ccc(-c4ccccc4C)c(C)c3)c3ccc4c5cc6ccccc6cc5n(-c5ccccc5)c4c3)cc2)c1. The van der Waals surface area contributed by atoms with Crippen molar-refractivity contribution in [2.75, 3.05) is 4.90 Å². The maximum absolute atomic E-state index is 2.42. The van der Waals surface area contributed by atoms with Crippen molar-refractivity contribution >= 4 is 49.6 Å². The summed E-state index contributed by atoms with van der Waals surface area (Å²) >= 11 is 0. The summed E-state index contributed by atoms with van der Waals surface area (Å²) in [6.45, 7) is 6.57. The lowest BCUT2D eigenvalue weighted by Gasteiger charge is -2.27. The third kappa shape index (κ3) is 5.46. The standard InChI is InChI=1S/C49H38N2/c1-33-12-11-16-37(28-33)36-20-22-41(23-21-36)50(42-24-26-45(35(3)29-42)44-19-10-7-13-34(44)2)43-25-27-46-47-30-38-14-8-9-15-39(38)31-48(47)51(49(46)32-43)40-17-5-4-6-18-40/h4-32H,1-3H3. The van der Waals surface area contributed by atoms with Gasteiger partial charge in [0.15, 0.2) is 0 Å². The van der Waals surface area contributed by atoms with Crippen LogP contribution in [0.15, 0.2) is 176 Å². The minimum Gasteiger partial charge on any atom is -0.310 e. The fourth-order valence-electron chi connectivity index (χ4n) is 7.72. The molecule has 1 heterocycles. The average molecular weight is 655 g/mol. The summed E-state index contributed by atoms with van der Waals surface area (Å²) in [5.41, 5.74) is 15.6. The summed E-state index contributed by atoms with van der Waals surface area (Å²) in [4.78, 5) is 2.40. The van der Waals surface area contributed by atoms with Crippen LogP contribution in [0.4, 0.5) is 17.1 Å². The van der Waals surface area contributed by atoms with E-state index in [0.717, 1.165) is 22.7 Å². The summed E-state index contributed by atoms with van der Waals surface area (Å²) in [5, 5.41) is 4.99. The smallest absolute Gasteiger partial charge is 0.0561 e. The van der Waals surface area contributed by atoms with Crippen molar-refractivity contribution in [2.45, 2.75) is 20.8 Å². The molecule has 8 aromatic carbocycles. The topological polar surface area (TPSA) is 8.17 Å². The van der Waals surface area contributed by atoms with Crippen molar-refractivity contribution in [3.63, 3.8) is 0 Å². The van der Waals surface area contributed by atoms with E-state index in [1.807, 2.05) is 0 Å². The van der Waals surface area contributed by atoms with Crippen molar-refractivity contribution in [3.05, 3.63) is 193 Å². The molecule has 0 fully saturated rings. The minimum atomic E-state index is 1.11. The van der Waals surface area contributed by atoms with Crippen LogP contribution in [0.25, 0.3) is 60.5 Å². The summed E-state index contributed by atoms with van der Waals surface area (Å²) in [6, 6.07) is 64.3. The lowest BCUT2D eigenvalue weighted by molar-refractivity contribution is 1.18. The van der Waals surface area contributed by atoms with Crippen LogP contribution >= 0.6 is 0 Å². The lowest BCUT2D eigenvalue weighted by atomic mass is 9.96. The highest BCUT2D eigenvalue weighted by molar-refractivity contribution is 6.14. The van der Waals surface area contributed by atoms with Crippen molar-refractivity contribution < 1.29 is 0 Å². The van der Waals surface area contributed by atoms with Gasteiger partial charge in [-0.25, -0.2) is 0 Å². The summed E-state index contributed by atoms with van der Waals surface area (Å²) in [6.07, 6.45) is 0. The average Bonchev–Trinajstić information content (AvgIpc) is 3.47. The second-order valence-corrected chi connectivity index (χ2v) is 13.7. The number of hydrogen-bond acceptors (Lipinski definition) is 1. The molecule has 0 unspecified atom stereocenters. The molecule has 0 amide bonds. The first-order valence-electron chi connectivity index (χ1n) is 17.7. The number of benzene rings is 8. The maximum atomic E-state index is 2.42. The van der Waals surface area contributed by atoms with Crippen LogP contribution in [0.5, 0.6) is 0 Å². The van der Waals surface area contributed by atoms with E-state index >= 15 is 0 Å². The summed E-state index contributed by atoms with van der Waals surface area (Å²) < 4.78 is 2.42. The minimum absolute atomic E-state index is 1.11. The Kier molecular flexibility index (Phi) is 7.51. The molecule has 244 valence electrons. The number of hydrogen-bond donors (Lipinski definition) is 0. The van der Waals surface area contributed by atoms with E-state index in [4.69, 9.17) is 0 Å². The molecule has 1 aromatic heterocycles. The number of fused-ring (bicyclic) bond motifs is 4. The van der Waals surface area contributed by atoms with E-state index in [-0.39, 0.29) is 0 Å². The van der Waals surface area contributed by atoms with Crippen LogP contribution in [-0.4, -0.2) is 4.57 Å². The molecule has 51 heavy (non-hydrogen) atoms. The Labute approximate surface area is 299 Å². The monoisotopic (exact) mass is 654 g/mol. The quantitative estimate of drug-likeness (QED) is 0.173. The highest BCUT2D eigenvalue weighted by Gasteiger charge is 2.19. The molecule has 2 heteroatoms. The molecule has 0 atom stereocenters. The van der Waals surface area contributed by atoms with Crippen LogP contribution < -0.4 is 4.90 Å². The zero-order chi connectivity index (χ0) is 34.5. The molecule has 0 aliphatic carbocycles. The molecule has 0 bridgehead atoms. The molecule has 0 aliphatic rings. The Morgan fingerprint density at radius 3 is 1.80 bits per heavy atom. The Morgan fingerprint density at radius 1 is 0.392 bits per heavy atom. The molecule has 0 saturated carbocycles. The van der Waals surface area contributed by atoms with Crippen LogP contribution in [0.1, 0.15) is 16.7 Å². The van der Waals surface area contributed by atoms with Gasteiger partial charge in [0.2, 0.25) is 0 Å². The predicted molar refractivity (Wildman–Crippen MR) is 218 cm³/mol. The zero-order valence-electron chi connectivity index (χ0n) is 29.1. The third-order valence-corrected chi connectivity index (χ3v) is 10.3. The molecule has 0 spiro atoms. The fourth-order valence-corrected chi connectivity index (χ4v) is 7.72. The molecular formula is C49H38N2. The number of aromatic nitrogens is 1.